The monoisotopic (exact) mass is 1000 g/mol. The van der Waals surface area contributed by atoms with Gasteiger partial charge in [0.2, 0.25) is 5.91 Å². The van der Waals surface area contributed by atoms with E-state index in [1.165, 1.54) is 128 Å². The Morgan fingerprint density at radius 1 is 0.500 bits per heavy atom. The molecule has 9 nitrogen and oxygen atoms in total. The first-order valence-electron chi connectivity index (χ1n) is 29.1. The first kappa shape index (κ1) is 67.7. The first-order chi connectivity index (χ1) is 33.9. The second kappa shape index (κ2) is 50.3. The van der Waals surface area contributed by atoms with E-state index in [1.54, 1.807) is 0 Å². The molecule has 0 aromatic carbocycles. The largest absolute Gasteiger partial charge is 0.472 e. The number of rotatable bonds is 52. The van der Waals surface area contributed by atoms with E-state index in [0.29, 0.717) is 17.4 Å². The minimum atomic E-state index is -4.45. The van der Waals surface area contributed by atoms with Gasteiger partial charge in [-0.05, 0) is 76.7 Å². The maximum absolute atomic E-state index is 13.5. The Kier molecular flexibility index (Phi) is 48.6. The number of nitrogens with zero attached hydrogens (tertiary/aromatic N) is 1. The van der Waals surface area contributed by atoms with Crippen molar-refractivity contribution in [2.75, 3.05) is 40.9 Å². The van der Waals surface area contributed by atoms with E-state index in [2.05, 4.69) is 74.7 Å². The fourth-order valence-electron chi connectivity index (χ4n) is 8.16. The van der Waals surface area contributed by atoms with Crippen molar-refractivity contribution < 1.29 is 37.3 Å². The normalized spacial score (nSPS) is 14.2. The van der Waals surface area contributed by atoms with Gasteiger partial charge in [0.15, 0.2) is 0 Å². The van der Waals surface area contributed by atoms with Crippen LogP contribution in [0.15, 0.2) is 60.8 Å². The summed E-state index contributed by atoms with van der Waals surface area (Å²) in [7, 11) is 1.48. The van der Waals surface area contributed by atoms with Crippen molar-refractivity contribution in [2.45, 2.75) is 270 Å². The molecule has 0 saturated carbocycles. The third-order valence-corrected chi connectivity index (χ3v) is 13.7. The van der Waals surface area contributed by atoms with Gasteiger partial charge in [-0.2, -0.15) is 0 Å². The molecule has 0 aliphatic carbocycles. The predicted octanol–water partition coefficient (Wildman–Crippen LogP) is 17.5. The molecule has 2 N–H and O–H groups in total. The molecule has 0 aromatic rings. The van der Waals surface area contributed by atoms with Crippen LogP contribution < -0.4 is 5.32 Å². The second-order valence-electron chi connectivity index (χ2n) is 20.8. The minimum absolute atomic E-state index is 0.0357. The third kappa shape index (κ3) is 50.6. The zero-order chi connectivity index (χ0) is 51.5. The number of carbonyl (C=O) groups excluding carboxylic acids is 2. The molecule has 3 unspecified atom stereocenters. The SMILES string of the molecule is CCCCC/C=C\C/C=C\C/C=C\C/C=C\CCCCCCCC(=O)NC(COP(=O)(O)OCC[N+](C)(C)C)C(/C=C\CCCCCCCCCCCC)OC(=O)CCCCCCCCCCCCC. The van der Waals surface area contributed by atoms with Gasteiger partial charge in [-0.1, -0.05) is 230 Å². The van der Waals surface area contributed by atoms with E-state index in [-0.39, 0.29) is 31.5 Å². The van der Waals surface area contributed by atoms with E-state index < -0.39 is 20.0 Å². The Hall–Kier alpha value is -2.29. The van der Waals surface area contributed by atoms with Gasteiger partial charge in [-0.3, -0.25) is 18.6 Å². The molecule has 0 heterocycles. The Labute approximate surface area is 432 Å². The Morgan fingerprint density at radius 2 is 0.871 bits per heavy atom. The van der Waals surface area contributed by atoms with Crippen molar-refractivity contribution >= 4 is 19.7 Å². The van der Waals surface area contributed by atoms with Crippen LogP contribution in [0.3, 0.4) is 0 Å². The lowest BCUT2D eigenvalue weighted by atomic mass is 10.0. The van der Waals surface area contributed by atoms with Gasteiger partial charge < -0.3 is 19.4 Å². The molecule has 408 valence electrons. The third-order valence-electron chi connectivity index (χ3n) is 12.7. The van der Waals surface area contributed by atoms with Crippen LogP contribution in [0.5, 0.6) is 0 Å². The highest BCUT2D eigenvalue weighted by Gasteiger charge is 2.30. The highest BCUT2D eigenvalue weighted by atomic mass is 31.2. The van der Waals surface area contributed by atoms with Gasteiger partial charge in [-0.15, -0.1) is 0 Å². The average molecular weight is 1000 g/mol. The van der Waals surface area contributed by atoms with Crippen molar-refractivity contribution in [3.63, 3.8) is 0 Å². The highest BCUT2D eigenvalue weighted by molar-refractivity contribution is 7.47. The van der Waals surface area contributed by atoms with Gasteiger partial charge >= 0.3 is 13.8 Å². The van der Waals surface area contributed by atoms with Gasteiger partial charge in [-0.25, -0.2) is 4.57 Å². The second-order valence-corrected chi connectivity index (χ2v) is 22.3. The molecule has 0 aliphatic rings. The molecule has 1 amide bonds. The zero-order valence-corrected chi connectivity index (χ0v) is 47.4. The summed E-state index contributed by atoms with van der Waals surface area (Å²) in [5.41, 5.74) is 0. The molecule has 0 aromatic heterocycles. The number of unbranched alkanes of at least 4 members (excludes halogenated alkanes) is 28. The number of amides is 1. The summed E-state index contributed by atoms with van der Waals surface area (Å²) in [6, 6.07) is -0.856. The van der Waals surface area contributed by atoms with Crippen molar-refractivity contribution in [2.24, 2.45) is 0 Å². The number of esters is 1. The van der Waals surface area contributed by atoms with E-state index in [0.717, 1.165) is 96.3 Å². The summed E-state index contributed by atoms with van der Waals surface area (Å²) in [5.74, 6) is -0.524. The van der Waals surface area contributed by atoms with E-state index in [4.69, 9.17) is 13.8 Å². The predicted molar refractivity (Wildman–Crippen MR) is 300 cm³/mol. The molecule has 0 radical (unpaired) electrons. The van der Waals surface area contributed by atoms with Crippen LogP contribution in [-0.4, -0.2) is 74.3 Å². The van der Waals surface area contributed by atoms with Gasteiger partial charge in [0.05, 0.1) is 33.8 Å². The highest BCUT2D eigenvalue weighted by Crippen LogP contribution is 2.43. The van der Waals surface area contributed by atoms with E-state index in [1.807, 2.05) is 33.3 Å². The molecule has 0 bridgehead atoms. The summed E-state index contributed by atoms with van der Waals surface area (Å²) in [4.78, 5) is 37.5. The van der Waals surface area contributed by atoms with Crippen LogP contribution in [0.2, 0.25) is 0 Å². The smallest absolute Gasteiger partial charge is 0.456 e. The van der Waals surface area contributed by atoms with Crippen LogP contribution >= 0.6 is 7.82 Å². The molecule has 3 atom stereocenters. The molecule has 0 rings (SSSR count). The van der Waals surface area contributed by atoms with Crippen LogP contribution in [-0.2, 0) is 27.9 Å². The minimum Gasteiger partial charge on any atom is -0.456 e. The van der Waals surface area contributed by atoms with E-state index >= 15 is 0 Å². The molecule has 10 heteroatoms. The number of hydrogen-bond acceptors (Lipinski definition) is 6. The molecule has 70 heavy (non-hydrogen) atoms. The molecule has 0 spiro atoms. The lowest BCUT2D eigenvalue weighted by molar-refractivity contribution is -0.870. The van der Waals surface area contributed by atoms with Gasteiger partial charge in [0.1, 0.15) is 19.3 Å². The number of nitrogens with one attached hydrogen (secondary N) is 1. The topological polar surface area (TPSA) is 111 Å². The number of carbonyl (C=O) groups is 2. The number of phosphoric acid groups is 1. The standard InChI is InChI=1S/C60H111N2O7P/c1-7-10-13-16-19-22-25-27-28-29-30-31-32-33-34-35-38-40-43-46-49-52-59(63)61-57(56-68-70(65,66)67-55-54-62(4,5)6)58(51-48-45-42-39-37-26-23-20-17-14-11-8-2)69-60(64)53-50-47-44-41-36-24-21-18-15-12-9-3/h19,22,27-28,30-31,33-34,48,51,57-58H,7-18,20-21,23-26,29,32,35-47,49-50,52-56H2,1-6H3,(H-,61,63,65,66)/p+1/b22-19-,28-27-,31-30-,34-33-,51-48-. The van der Waals surface area contributed by atoms with Crippen LogP contribution in [0.4, 0.5) is 0 Å². The summed E-state index contributed by atoms with van der Waals surface area (Å²) in [6.45, 7) is 6.96. The Balaban J connectivity index is 5.29. The molecular formula is C60H112N2O7P+. The van der Waals surface area contributed by atoms with Crippen molar-refractivity contribution in [3.8, 4) is 0 Å². The lowest BCUT2D eigenvalue weighted by Crippen LogP contribution is -2.47. The number of allylic oxidation sites excluding steroid dienone is 9. The van der Waals surface area contributed by atoms with Gasteiger partial charge in [0.25, 0.3) is 0 Å². The van der Waals surface area contributed by atoms with Crippen LogP contribution in [0, 0.1) is 0 Å². The number of ether oxygens (including phenoxy) is 1. The Morgan fingerprint density at radius 3 is 1.33 bits per heavy atom. The van der Waals surface area contributed by atoms with Crippen molar-refractivity contribution in [1.29, 1.82) is 0 Å². The summed E-state index contributed by atoms with van der Waals surface area (Å²) < 4.78 is 30.6. The molecule has 0 fully saturated rings. The fraction of sp³-hybridized carbons (Fsp3) is 0.800. The summed E-state index contributed by atoms with van der Waals surface area (Å²) in [5, 5.41) is 3.04. The zero-order valence-electron chi connectivity index (χ0n) is 46.5. The Bertz CT molecular complexity index is 1390. The maximum Gasteiger partial charge on any atom is 0.472 e. The molecule has 0 saturated heterocycles. The first-order valence-corrected chi connectivity index (χ1v) is 30.6. The number of quaternary nitrogens is 1. The van der Waals surface area contributed by atoms with Crippen LogP contribution in [0.1, 0.15) is 258 Å². The van der Waals surface area contributed by atoms with E-state index in [9.17, 15) is 19.0 Å². The number of phosphoric ester groups is 1. The van der Waals surface area contributed by atoms with Crippen molar-refractivity contribution in [1.82, 2.24) is 5.32 Å². The number of likely N-dealkylation sites (N-methyl/N-ethyl adjacent to an activating group) is 1. The lowest BCUT2D eigenvalue weighted by Gasteiger charge is -2.27. The molecular weight excluding hydrogens is 892 g/mol. The van der Waals surface area contributed by atoms with Crippen LogP contribution in [0.25, 0.3) is 0 Å². The maximum atomic E-state index is 13.5. The summed E-state index contributed by atoms with van der Waals surface area (Å²) in [6.07, 6.45) is 62.1. The summed E-state index contributed by atoms with van der Waals surface area (Å²) >= 11 is 0. The average Bonchev–Trinajstić information content (AvgIpc) is 3.32. The number of hydrogen-bond donors (Lipinski definition) is 2. The quantitative estimate of drug-likeness (QED) is 0.0205. The molecule has 0 aliphatic heterocycles. The fourth-order valence-corrected chi connectivity index (χ4v) is 8.89. The van der Waals surface area contributed by atoms with Gasteiger partial charge in [0, 0.05) is 12.8 Å². The van der Waals surface area contributed by atoms with Crippen molar-refractivity contribution in [3.05, 3.63) is 60.8 Å².